The fourth-order valence-corrected chi connectivity index (χ4v) is 1.99. The summed E-state index contributed by atoms with van der Waals surface area (Å²) in [6.07, 6.45) is 0. The molecule has 0 bridgehead atoms. The van der Waals surface area contributed by atoms with Crippen LogP contribution in [0.1, 0.15) is 5.56 Å². The van der Waals surface area contributed by atoms with E-state index in [4.69, 9.17) is 27.4 Å². The van der Waals surface area contributed by atoms with Gasteiger partial charge in [0, 0.05) is 38.6 Å². The van der Waals surface area contributed by atoms with Gasteiger partial charge in [0.1, 0.15) is 4.99 Å². The first-order chi connectivity index (χ1) is 10.6. The molecular weight excluding hydrogens is 302 g/mol. The van der Waals surface area contributed by atoms with E-state index in [1.807, 2.05) is 11.0 Å². The number of nitrogens with one attached hydrogen (secondary N) is 1. The predicted octanol–water partition coefficient (Wildman–Crippen LogP) is 0.854. The number of anilines is 1. The summed E-state index contributed by atoms with van der Waals surface area (Å²) >= 11 is 4.93. The van der Waals surface area contributed by atoms with Gasteiger partial charge >= 0.3 is 0 Å². The van der Waals surface area contributed by atoms with Crippen LogP contribution in [-0.4, -0.2) is 62.9 Å². The molecule has 0 atom stereocenters. The van der Waals surface area contributed by atoms with Crippen molar-refractivity contribution in [2.24, 2.45) is 5.73 Å². The van der Waals surface area contributed by atoms with E-state index in [2.05, 4.69) is 5.32 Å². The van der Waals surface area contributed by atoms with E-state index in [1.165, 1.54) is 0 Å². The fourth-order valence-electron chi connectivity index (χ4n) is 1.86. The maximum Gasteiger partial charge on any atom is 0.238 e. The number of hydrogen-bond donors (Lipinski definition) is 2. The lowest BCUT2D eigenvalue weighted by Crippen LogP contribution is -2.37. The molecule has 22 heavy (non-hydrogen) atoms. The average Bonchev–Trinajstić information content (AvgIpc) is 2.50. The van der Waals surface area contributed by atoms with Crippen LogP contribution in [0.3, 0.4) is 0 Å². The first-order valence-corrected chi connectivity index (χ1v) is 7.37. The summed E-state index contributed by atoms with van der Waals surface area (Å²) in [6, 6.07) is 7.17. The zero-order valence-electron chi connectivity index (χ0n) is 13.0. The van der Waals surface area contributed by atoms with Crippen LogP contribution >= 0.6 is 12.2 Å². The van der Waals surface area contributed by atoms with Crippen LogP contribution in [0.5, 0.6) is 0 Å². The second-order valence-electron chi connectivity index (χ2n) is 4.75. The van der Waals surface area contributed by atoms with Crippen molar-refractivity contribution in [3.8, 4) is 0 Å². The van der Waals surface area contributed by atoms with Gasteiger partial charge in [-0.1, -0.05) is 24.4 Å². The highest BCUT2D eigenvalue weighted by Crippen LogP contribution is 2.10. The van der Waals surface area contributed by atoms with Crippen LogP contribution in [-0.2, 0) is 14.3 Å². The second kappa shape index (κ2) is 10.2. The third-order valence-corrected chi connectivity index (χ3v) is 3.26. The normalized spacial score (nSPS) is 10.7. The molecule has 7 heteroatoms. The number of nitrogens with two attached hydrogens (primary N) is 1. The number of hydrogen-bond acceptors (Lipinski definition) is 5. The van der Waals surface area contributed by atoms with E-state index in [-0.39, 0.29) is 12.5 Å². The topological polar surface area (TPSA) is 76.8 Å². The molecule has 0 radical (unpaired) electrons. The lowest BCUT2D eigenvalue weighted by Gasteiger charge is -2.21. The van der Waals surface area contributed by atoms with Crippen LogP contribution in [0.15, 0.2) is 24.3 Å². The number of rotatable bonds is 10. The Kier molecular flexibility index (Phi) is 8.61. The fraction of sp³-hybridized carbons (Fsp3) is 0.467. The highest BCUT2D eigenvalue weighted by atomic mass is 32.1. The van der Waals surface area contributed by atoms with Crippen molar-refractivity contribution in [2.45, 2.75) is 0 Å². The summed E-state index contributed by atoms with van der Waals surface area (Å²) in [5.41, 5.74) is 6.99. The number of amides is 1. The molecule has 0 aliphatic rings. The molecule has 0 aliphatic carbocycles. The minimum absolute atomic E-state index is 0.104. The van der Waals surface area contributed by atoms with Gasteiger partial charge in [-0.3, -0.25) is 9.69 Å². The van der Waals surface area contributed by atoms with Gasteiger partial charge in [0.2, 0.25) is 5.91 Å². The Balaban J connectivity index is 2.58. The standard InChI is InChI=1S/C15H23N3O3S/c1-20-8-6-18(7-9-21-2)11-14(19)17-13-5-3-4-12(10-13)15(16)22/h3-5,10H,6-9,11H2,1-2H3,(H2,16,22)(H,17,19). The largest absolute Gasteiger partial charge is 0.389 e. The molecule has 0 unspecified atom stereocenters. The minimum Gasteiger partial charge on any atom is -0.389 e. The molecule has 0 saturated carbocycles. The number of benzene rings is 1. The van der Waals surface area contributed by atoms with Crippen LogP contribution in [0, 0.1) is 0 Å². The van der Waals surface area contributed by atoms with Gasteiger partial charge in [0.05, 0.1) is 19.8 Å². The molecule has 0 heterocycles. The van der Waals surface area contributed by atoms with Gasteiger partial charge in [-0.25, -0.2) is 0 Å². The van der Waals surface area contributed by atoms with Crippen molar-refractivity contribution in [3.63, 3.8) is 0 Å². The highest BCUT2D eigenvalue weighted by Gasteiger charge is 2.11. The van der Waals surface area contributed by atoms with E-state index >= 15 is 0 Å². The molecule has 1 aromatic carbocycles. The molecule has 0 spiro atoms. The molecule has 0 fully saturated rings. The van der Waals surface area contributed by atoms with Gasteiger partial charge in [-0.2, -0.15) is 0 Å². The monoisotopic (exact) mass is 325 g/mol. The van der Waals surface area contributed by atoms with Crippen LogP contribution < -0.4 is 11.1 Å². The predicted molar refractivity (Wildman–Crippen MR) is 91.2 cm³/mol. The number of carbonyl (C=O) groups is 1. The Morgan fingerprint density at radius 1 is 1.27 bits per heavy atom. The molecule has 1 rings (SSSR count). The maximum absolute atomic E-state index is 12.1. The Hall–Kier alpha value is -1.54. The molecule has 1 aromatic rings. The Labute approximate surface area is 136 Å². The van der Waals surface area contributed by atoms with Gasteiger partial charge in [-0.15, -0.1) is 0 Å². The molecule has 0 aromatic heterocycles. The van der Waals surface area contributed by atoms with E-state index in [1.54, 1.807) is 32.4 Å². The van der Waals surface area contributed by atoms with Crippen molar-refractivity contribution >= 4 is 28.8 Å². The van der Waals surface area contributed by atoms with E-state index in [9.17, 15) is 4.79 Å². The van der Waals surface area contributed by atoms with Gasteiger partial charge in [-0.05, 0) is 12.1 Å². The molecule has 122 valence electrons. The van der Waals surface area contributed by atoms with Crippen LogP contribution in [0.2, 0.25) is 0 Å². The summed E-state index contributed by atoms with van der Waals surface area (Å²) in [4.78, 5) is 14.4. The number of ether oxygens (including phenoxy) is 2. The first kappa shape index (κ1) is 18.5. The Bertz CT molecular complexity index is 489. The molecule has 3 N–H and O–H groups in total. The summed E-state index contributed by atoms with van der Waals surface area (Å²) < 4.78 is 10.1. The SMILES string of the molecule is COCCN(CCOC)CC(=O)Nc1cccc(C(N)=S)c1. The summed E-state index contributed by atoms with van der Waals surface area (Å²) in [6.45, 7) is 2.73. The number of thiocarbonyl (C=S) groups is 1. The zero-order valence-corrected chi connectivity index (χ0v) is 13.8. The van der Waals surface area contributed by atoms with Gasteiger partial charge in [0.25, 0.3) is 0 Å². The lowest BCUT2D eigenvalue weighted by atomic mass is 10.2. The van der Waals surface area contributed by atoms with E-state index < -0.39 is 0 Å². The third kappa shape index (κ3) is 6.95. The highest BCUT2D eigenvalue weighted by molar-refractivity contribution is 7.80. The minimum atomic E-state index is -0.104. The Morgan fingerprint density at radius 2 is 1.91 bits per heavy atom. The van der Waals surface area contributed by atoms with Gasteiger partial charge < -0.3 is 20.5 Å². The summed E-state index contributed by atoms with van der Waals surface area (Å²) in [5, 5.41) is 2.84. The maximum atomic E-state index is 12.1. The third-order valence-electron chi connectivity index (χ3n) is 3.02. The average molecular weight is 325 g/mol. The first-order valence-electron chi connectivity index (χ1n) is 6.96. The number of methoxy groups -OCH3 is 2. The van der Waals surface area contributed by atoms with Crippen molar-refractivity contribution in [1.29, 1.82) is 0 Å². The van der Waals surface area contributed by atoms with Crippen molar-refractivity contribution < 1.29 is 14.3 Å². The lowest BCUT2D eigenvalue weighted by molar-refractivity contribution is -0.117. The summed E-state index contributed by atoms with van der Waals surface area (Å²) in [7, 11) is 3.27. The smallest absolute Gasteiger partial charge is 0.238 e. The number of carbonyl (C=O) groups excluding carboxylic acids is 1. The molecule has 0 saturated heterocycles. The quantitative estimate of drug-likeness (QED) is 0.621. The van der Waals surface area contributed by atoms with Gasteiger partial charge in [0.15, 0.2) is 0 Å². The Morgan fingerprint density at radius 3 is 2.45 bits per heavy atom. The van der Waals surface area contributed by atoms with Crippen LogP contribution in [0.25, 0.3) is 0 Å². The zero-order chi connectivity index (χ0) is 16.4. The molecule has 6 nitrogen and oxygen atoms in total. The van der Waals surface area contributed by atoms with Crippen molar-refractivity contribution in [1.82, 2.24) is 4.90 Å². The molecule has 1 amide bonds. The summed E-state index contributed by atoms with van der Waals surface area (Å²) in [5.74, 6) is -0.104. The molecule has 0 aliphatic heterocycles. The van der Waals surface area contributed by atoms with Crippen molar-refractivity contribution in [2.75, 3.05) is 52.4 Å². The van der Waals surface area contributed by atoms with Crippen LogP contribution in [0.4, 0.5) is 5.69 Å². The molecular formula is C15H23N3O3S. The second-order valence-corrected chi connectivity index (χ2v) is 5.19. The van der Waals surface area contributed by atoms with Crippen molar-refractivity contribution in [3.05, 3.63) is 29.8 Å². The van der Waals surface area contributed by atoms with E-state index in [0.717, 1.165) is 5.56 Å². The number of nitrogens with zero attached hydrogens (tertiary/aromatic N) is 1. The van der Waals surface area contributed by atoms with E-state index in [0.29, 0.717) is 37.0 Å².